The average molecular weight is 303 g/mol. The average Bonchev–Trinajstić information content (AvgIpc) is 2.42. The van der Waals surface area contributed by atoms with E-state index < -0.39 is 12.0 Å². The highest BCUT2D eigenvalue weighted by Crippen LogP contribution is 2.14. The molecule has 0 spiro atoms. The molecule has 0 aliphatic carbocycles. The van der Waals surface area contributed by atoms with Gasteiger partial charge in [-0.2, -0.15) is 11.8 Å². The number of rotatable bonds is 6. The van der Waals surface area contributed by atoms with Crippen molar-refractivity contribution >= 4 is 23.8 Å². The second kappa shape index (κ2) is 8.36. The zero-order valence-electron chi connectivity index (χ0n) is 12.5. The summed E-state index contributed by atoms with van der Waals surface area (Å²) < 4.78 is 0. The van der Waals surface area contributed by atoms with Gasteiger partial charge in [0.15, 0.2) is 0 Å². The third-order valence-electron chi connectivity index (χ3n) is 3.76. The Morgan fingerprint density at radius 2 is 2.05 bits per heavy atom. The lowest BCUT2D eigenvalue weighted by Gasteiger charge is -2.35. The molecular weight excluding hydrogens is 278 g/mol. The summed E-state index contributed by atoms with van der Waals surface area (Å²) in [6, 6.07) is -0.891. The van der Waals surface area contributed by atoms with Crippen LogP contribution in [0.4, 0.5) is 4.79 Å². The molecule has 1 aliphatic heterocycles. The normalized spacial score (nSPS) is 18.6. The number of carboxylic acids is 1. The molecule has 0 aromatic rings. The topological polar surface area (TPSA) is 72.9 Å². The van der Waals surface area contributed by atoms with Crippen LogP contribution in [0.5, 0.6) is 0 Å². The van der Waals surface area contributed by atoms with Gasteiger partial charge in [0.25, 0.3) is 0 Å². The van der Waals surface area contributed by atoms with E-state index in [1.807, 2.05) is 6.26 Å². The molecule has 0 aromatic heterocycles. The molecule has 1 unspecified atom stereocenters. The summed E-state index contributed by atoms with van der Waals surface area (Å²) in [6.45, 7) is 1.94. The van der Waals surface area contributed by atoms with E-state index in [9.17, 15) is 9.59 Å². The van der Waals surface area contributed by atoms with Crippen LogP contribution in [0.2, 0.25) is 0 Å². The van der Waals surface area contributed by atoms with Crippen LogP contribution >= 0.6 is 11.8 Å². The predicted molar refractivity (Wildman–Crippen MR) is 81.2 cm³/mol. The van der Waals surface area contributed by atoms with Crippen LogP contribution in [-0.2, 0) is 4.79 Å². The van der Waals surface area contributed by atoms with Crippen LogP contribution in [0.15, 0.2) is 0 Å². The first-order valence-corrected chi connectivity index (χ1v) is 8.28. The highest BCUT2D eigenvalue weighted by atomic mass is 32.2. The maximum atomic E-state index is 12.1. The maximum absolute atomic E-state index is 12.1. The predicted octanol–water partition coefficient (Wildman–Crippen LogP) is 0.928. The number of amides is 2. The number of piperidine rings is 1. The number of likely N-dealkylation sites (tertiary alicyclic amines) is 1. The van der Waals surface area contributed by atoms with Gasteiger partial charge < -0.3 is 20.2 Å². The van der Waals surface area contributed by atoms with Crippen molar-refractivity contribution in [2.24, 2.45) is 0 Å². The lowest BCUT2D eigenvalue weighted by atomic mass is 10.0. The van der Waals surface area contributed by atoms with Crippen LogP contribution in [0.25, 0.3) is 0 Å². The third-order valence-corrected chi connectivity index (χ3v) is 4.41. The molecule has 116 valence electrons. The Balaban J connectivity index is 2.48. The van der Waals surface area contributed by atoms with Gasteiger partial charge in [-0.25, -0.2) is 9.59 Å². The first kappa shape index (κ1) is 17.1. The summed E-state index contributed by atoms with van der Waals surface area (Å²) in [5.41, 5.74) is 0. The van der Waals surface area contributed by atoms with Crippen molar-refractivity contribution in [2.45, 2.75) is 31.3 Å². The number of aliphatic carboxylic acids is 1. The number of nitrogens with zero attached hydrogens (tertiary/aromatic N) is 2. The molecular formula is C13H25N3O3S. The number of carbonyl (C=O) groups is 2. The smallest absolute Gasteiger partial charge is 0.326 e. The van der Waals surface area contributed by atoms with E-state index in [4.69, 9.17) is 5.11 Å². The molecule has 1 aliphatic rings. The van der Waals surface area contributed by atoms with Gasteiger partial charge >= 0.3 is 12.0 Å². The number of carboxylic acid groups (broad SMARTS) is 1. The fourth-order valence-electron chi connectivity index (χ4n) is 2.29. The Morgan fingerprint density at radius 3 is 2.55 bits per heavy atom. The van der Waals surface area contributed by atoms with E-state index in [1.165, 1.54) is 0 Å². The number of hydrogen-bond acceptors (Lipinski definition) is 4. The minimum Gasteiger partial charge on any atom is -0.480 e. The maximum Gasteiger partial charge on any atom is 0.326 e. The minimum atomic E-state index is -0.968. The van der Waals surface area contributed by atoms with Crippen molar-refractivity contribution in [3.8, 4) is 0 Å². The minimum absolute atomic E-state index is 0.196. The van der Waals surface area contributed by atoms with Gasteiger partial charge in [0.1, 0.15) is 6.04 Å². The lowest BCUT2D eigenvalue weighted by Crippen LogP contribution is -2.52. The largest absolute Gasteiger partial charge is 0.480 e. The number of hydrogen-bond donors (Lipinski definition) is 2. The molecule has 1 fully saturated rings. The Hall–Kier alpha value is -0.950. The summed E-state index contributed by atoms with van der Waals surface area (Å²) in [7, 11) is 3.82. The zero-order valence-corrected chi connectivity index (χ0v) is 13.3. The van der Waals surface area contributed by atoms with E-state index in [0.29, 0.717) is 6.42 Å². The summed E-state index contributed by atoms with van der Waals surface area (Å²) in [5, 5.41) is 11.7. The van der Waals surface area contributed by atoms with Crippen molar-refractivity contribution in [1.29, 1.82) is 0 Å². The van der Waals surface area contributed by atoms with Crippen molar-refractivity contribution in [3.05, 3.63) is 0 Å². The van der Waals surface area contributed by atoms with Gasteiger partial charge in [0.2, 0.25) is 0 Å². The van der Waals surface area contributed by atoms with Gasteiger partial charge in [-0.3, -0.25) is 0 Å². The van der Waals surface area contributed by atoms with E-state index in [-0.39, 0.29) is 12.1 Å². The third kappa shape index (κ3) is 5.20. The van der Waals surface area contributed by atoms with Crippen LogP contribution in [0.1, 0.15) is 19.3 Å². The van der Waals surface area contributed by atoms with Gasteiger partial charge in [0.05, 0.1) is 0 Å². The Labute approximate surface area is 124 Å². The monoisotopic (exact) mass is 303 g/mol. The van der Waals surface area contributed by atoms with E-state index in [1.54, 1.807) is 23.7 Å². The molecule has 1 saturated heterocycles. The first-order chi connectivity index (χ1) is 9.45. The number of carbonyl (C=O) groups excluding carboxylic acids is 1. The molecule has 1 atom stereocenters. The first-order valence-electron chi connectivity index (χ1n) is 6.89. The number of thioether (sulfide) groups is 1. The molecule has 1 heterocycles. The van der Waals surface area contributed by atoms with E-state index in [2.05, 4.69) is 17.3 Å². The second-order valence-electron chi connectivity index (χ2n) is 5.27. The molecule has 0 bridgehead atoms. The van der Waals surface area contributed by atoms with Crippen LogP contribution in [0.3, 0.4) is 0 Å². The summed E-state index contributed by atoms with van der Waals surface area (Å²) >= 11 is 1.58. The Bertz CT molecular complexity index is 333. The standard InChI is InChI=1S/C13H25N3O3S/c1-15-7-4-10(5-8-15)16(2)13(19)14-11(12(17)18)6-9-20-3/h10-11H,4-9H2,1-3H3,(H,14,19)(H,17,18). The molecule has 20 heavy (non-hydrogen) atoms. The zero-order chi connectivity index (χ0) is 15.1. The molecule has 7 heteroatoms. The highest BCUT2D eigenvalue weighted by molar-refractivity contribution is 7.98. The molecule has 2 N–H and O–H groups in total. The second-order valence-corrected chi connectivity index (χ2v) is 6.25. The van der Waals surface area contributed by atoms with Crippen molar-refractivity contribution in [2.75, 3.05) is 39.2 Å². The fourth-order valence-corrected chi connectivity index (χ4v) is 2.76. The number of nitrogens with one attached hydrogen (secondary N) is 1. The molecule has 0 aromatic carbocycles. The van der Waals surface area contributed by atoms with Crippen molar-refractivity contribution in [3.63, 3.8) is 0 Å². The Morgan fingerprint density at radius 1 is 1.45 bits per heavy atom. The summed E-state index contributed by atoms with van der Waals surface area (Å²) in [4.78, 5) is 27.2. The van der Waals surface area contributed by atoms with E-state index in [0.717, 1.165) is 31.7 Å². The quantitative estimate of drug-likeness (QED) is 0.763. The molecule has 6 nitrogen and oxygen atoms in total. The summed E-state index contributed by atoms with van der Waals surface area (Å²) in [5.74, 6) is -0.251. The summed E-state index contributed by atoms with van der Waals surface area (Å²) in [6.07, 6.45) is 4.24. The fraction of sp³-hybridized carbons (Fsp3) is 0.846. The van der Waals surface area contributed by atoms with Crippen LogP contribution in [0, 0.1) is 0 Å². The SMILES string of the molecule is CSCCC(NC(=O)N(C)C1CCN(C)CC1)C(=O)O. The highest BCUT2D eigenvalue weighted by Gasteiger charge is 2.27. The molecule has 1 rings (SSSR count). The van der Waals surface area contributed by atoms with Crippen LogP contribution in [-0.4, -0.2) is 78.2 Å². The Kier molecular flexibility index (Phi) is 7.15. The van der Waals surface area contributed by atoms with Gasteiger partial charge in [-0.1, -0.05) is 0 Å². The van der Waals surface area contributed by atoms with Crippen molar-refractivity contribution in [1.82, 2.24) is 15.1 Å². The van der Waals surface area contributed by atoms with Gasteiger partial charge in [-0.05, 0) is 51.4 Å². The number of urea groups is 1. The van der Waals surface area contributed by atoms with Crippen molar-refractivity contribution < 1.29 is 14.7 Å². The lowest BCUT2D eigenvalue weighted by molar-refractivity contribution is -0.139. The van der Waals surface area contributed by atoms with Gasteiger partial charge in [0, 0.05) is 13.1 Å². The molecule has 2 amide bonds. The van der Waals surface area contributed by atoms with Gasteiger partial charge in [-0.15, -0.1) is 0 Å². The molecule has 0 radical (unpaired) electrons. The van der Waals surface area contributed by atoms with Crippen LogP contribution < -0.4 is 5.32 Å². The van der Waals surface area contributed by atoms with E-state index >= 15 is 0 Å². The molecule has 0 saturated carbocycles.